The zero-order chi connectivity index (χ0) is 14.5. The van der Waals surface area contributed by atoms with E-state index in [1.807, 2.05) is 18.2 Å². The number of anilines is 1. The molecule has 0 saturated heterocycles. The van der Waals surface area contributed by atoms with Crippen LogP contribution in [0.25, 0.3) is 0 Å². The summed E-state index contributed by atoms with van der Waals surface area (Å²) in [5, 5.41) is 2.67. The molecule has 104 valence electrons. The molecule has 0 spiro atoms. The molecule has 0 saturated carbocycles. The van der Waals surface area contributed by atoms with Crippen molar-refractivity contribution in [3.63, 3.8) is 0 Å². The number of ether oxygens (including phenoxy) is 1. The lowest BCUT2D eigenvalue weighted by Gasteiger charge is -2.12. The number of H-pyrrole nitrogens is 1. The van der Waals surface area contributed by atoms with Gasteiger partial charge in [-0.3, -0.25) is 4.79 Å². The molecule has 1 aromatic heterocycles. The second-order valence-electron chi connectivity index (χ2n) is 4.13. The molecule has 1 amide bonds. The Morgan fingerprint density at radius 3 is 2.60 bits per heavy atom. The van der Waals surface area contributed by atoms with E-state index >= 15 is 0 Å². The summed E-state index contributed by atoms with van der Waals surface area (Å²) in [4.78, 5) is 26.4. The number of rotatable bonds is 4. The van der Waals surface area contributed by atoms with Crippen molar-refractivity contribution in [1.29, 1.82) is 0 Å². The average Bonchev–Trinajstić information content (AvgIpc) is 2.86. The van der Waals surface area contributed by atoms with Gasteiger partial charge in [0.1, 0.15) is 5.69 Å². The van der Waals surface area contributed by atoms with Gasteiger partial charge in [0.2, 0.25) is 0 Å². The monoisotopic (exact) mass is 336 g/mol. The summed E-state index contributed by atoms with van der Waals surface area (Å²) in [5.74, 6) is -0.957. The number of hydrogen-bond acceptors (Lipinski definition) is 3. The minimum Gasteiger partial charge on any atom is -0.448 e. The van der Waals surface area contributed by atoms with Crippen LogP contribution in [-0.2, 0) is 9.53 Å². The van der Waals surface area contributed by atoms with E-state index in [0.29, 0.717) is 5.69 Å². The van der Waals surface area contributed by atoms with Crippen LogP contribution in [0.5, 0.6) is 0 Å². The Bertz CT molecular complexity index is 610. The van der Waals surface area contributed by atoms with Crippen molar-refractivity contribution >= 4 is 33.5 Å². The van der Waals surface area contributed by atoms with Gasteiger partial charge in [-0.05, 0) is 41.1 Å². The molecule has 2 N–H and O–H groups in total. The van der Waals surface area contributed by atoms with Crippen molar-refractivity contribution in [3.8, 4) is 0 Å². The van der Waals surface area contributed by atoms with Crippen molar-refractivity contribution in [2.75, 3.05) is 5.32 Å². The van der Waals surface area contributed by atoms with Crippen LogP contribution in [0.15, 0.2) is 47.1 Å². The molecule has 1 heterocycles. The van der Waals surface area contributed by atoms with Gasteiger partial charge in [-0.1, -0.05) is 18.2 Å². The summed E-state index contributed by atoms with van der Waals surface area (Å²) >= 11 is 3.22. The average molecular weight is 337 g/mol. The molecule has 2 rings (SSSR count). The number of carbonyl (C=O) groups excluding carboxylic acids is 2. The van der Waals surface area contributed by atoms with Crippen LogP contribution < -0.4 is 5.32 Å². The van der Waals surface area contributed by atoms with Crippen LogP contribution >= 0.6 is 15.9 Å². The summed E-state index contributed by atoms with van der Waals surface area (Å²) in [6, 6.07) is 10.6. The molecule has 20 heavy (non-hydrogen) atoms. The first-order chi connectivity index (χ1) is 9.56. The minimum absolute atomic E-state index is 0.288. The van der Waals surface area contributed by atoms with Gasteiger partial charge in [-0.15, -0.1) is 0 Å². The summed E-state index contributed by atoms with van der Waals surface area (Å²) < 4.78 is 5.82. The summed E-state index contributed by atoms with van der Waals surface area (Å²) in [6.07, 6.45) is 0.732. The van der Waals surface area contributed by atoms with Crippen LogP contribution in [0.2, 0.25) is 0 Å². The quantitative estimate of drug-likeness (QED) is 0.843. The van der Waals surface area contributed by atoms with E-state index in [0.717, 1.165) is 4.47 Å². The minimum atomic E-state index is -0.884. The van der Waals surface area contributed by atoms with Gasteiger partial charge in [0.05, 0.1) is 0 Å². The highest BCUT2D eigenvalue weighted by Crippen LogP contribution is 2.13. The van der Waals surface area contributed by atoms with Gasteiger partial charge in [-0.2, -0.15) is 0 Å². The van der Waals surface area contributed by atoms with Crippen molar-refractivity contribution in [2.24, 2.45) is 0 Å². The fourth-order valence-electron chi connectivity index (χ4n) is 1.53. The second kappa shape index (κ2) is 6.38. The molecule has 5 nitrogen and oxygen atoms in total. The molecule has 0 aliphatic rings. The van der Waals surface area contributed by atoms with E-state index in [1.54, 1.807) is 24.4 Å². The fourth-order valence-corrected chi connectivity index (χ4v) is 1.87. The van der Waals surface area contributed by atoms with E-state index in [1.165, 1.54) is 6.92 Å². The molecule has 1 unspecified atom stereocenters. The highest BCUT2D eigenvalue weighted by molar-refractivity contribution is 9.10. The van der Waals surface area contributed by atoms with Gasteiger partial charge in [0, 0.05) is 16.4 Å². The van der Waals surface area contributed by atoms with Crippen molar-refractivity contribution < 1.29 is 14.3 Å². The standard InChI is InChI=1S/C14H13BrN2O3/c1-9(13(18)17-11-5-3-2-4-6-11)20-14(19)12-7-10(15)8-16-12/h2-9,16H,1H3,(H,17,18). The molecule has 6 heteroatoms. The topological polar surface area (TPSA) is 71.2 Å². The molecule has 0 fully saturated rings. The number of nitrogens with one attached hydrogen (secondary N) is 2. The molecular formula is C14H13BrN2O3. The maximum atomic E-state index is 11.9. The molecule has 0 aliphatic heterocycles. The Morgan fingerprint density at radius 1 is 1.30 bits per heavy atom. The maximum absolute atomic E-state index is 11.9. The number of esters is 1. The first-order valence-corrected chi connectivity index (χ1v) is 6.76. The number of hydrogen-bond donors (Lipinski definition) is 2. The van der Waals surface area contributed by atoms with Crippen LogP contribution in [0.3, 0.4) is 0 Å². The predicted octanol–water partition coefficient (Wildman–Crippen LogP) is 2.96. The third kappa shape index (κ3) is 3.71. The fraction of sp³-hybridized carbons (Fsp3) is 0.143. The summed E-state index contributed by atoms with van der Waals surface area (Å²) in [6.45, 7) is 1.52. The summed E-state index contributed by atoms with van der Waals surface area (Å²) in [5.41, 5.74) is 0.944. The van der Waals surface area contributed by atoms with E-state index < -0.39 is 12.1 Å². The Kier molecular flexibility index (Phi) is 4.57. The lowest BCUT2D eigenvalue weighted by molar-refractivity contribution is -0.123. The molecule has 0 bridgehead atoms. The van der Waals surface area contributed by atoms with Crippen molar-refractivity contribution in [2.45, 2.75) is 13.0 Å². The van der Waals surface area contributed by atoms with Gasteiger partial charge >= 0.3 is 5.97 Å². The highest BCUT2D eigenvalue weighted by atomic mass is 79.9. The van der Waals surface area contributed by atoms with Crippen LogP contribution in [-0.4, -0.2) is 23.0 Å². The third-order valence-corrected chi connectivity index (χ3v) is 3.02. The van der Waals surface area contributed by atoms with Crippen LogP contribution in [0.1, 0.15) is 17.4 Å². The largest absolute Gasteiger partial charge is 0.448 e. The lowest BCUT2D eigenvalue weighted by atomic mass is 10.3. The van der Waals surface area contributed by atoms with Crippen LogP contribution in [0.4, 0.5) is 5.69 Å². The van der Waals surface area contributed by atoms with Gasteiger partial charge in [0.15, 0.2) is 6.10 Å². The van der Waals surface area contributed by atoms with E-state index in [4.69, 9.17) is 4.74 Å². The highest BCUT2D eigenvalue weighted by Gasteiger charge is 2.19. The Morgan fingerprint density at radius 2 is 2.00 bits per heavy atom. The van der Waals surface area contributed by atoms with Crippen molar-refractivity contribution in [1.82, 2.24) is 4.98 Å². The molecule has 0 radical (unpaired) electrons. The zero-order valence-electron chi connectivity index (χ0n) is 10.7. The number of para-hydroxylation sites is 1. The molecular weight excluding hydrogens is 324 g/mol. The first kappa shape index (κ1) is 14.3. The number of benzene rings is 1. The Hall–Kier alpha value is -2.08. The molecule has 1 atom stereocenters. The SMILES string of the molecule is CC(OC(=O)c1cc(Br)c[nH]1)C(=O)Nc1ccccc1. The lowest BCUT2D eigenvalue weighted by Crippen LogP contribution is -2.30. The van der Waals surface area contributed by atoms with Gasteiger partial charge in [0.25, 0.3) is 5.91 Å². The van der Waals surface area contributed by atoms with Gasteiger partial charge < -0.3 is 15.0 Å². The van der Waals surface area contributed by atoms with E-state index in [2.05, 4.69) is 26.2 Å². The van der Waals surface area contributed by atoms with E-state index in [-0.39, 0.29) is 11.6 Å². The van der Waals surface area contributed by atoms with E-state index in [9.17, 15) is 9.59 Å². The summed E-state index contributed by atoms with van der Waals surface area (Å²) in [7, 11) is 0. The Labute approximate surface area is 124 Å². The van der Waals surface area contributed by atoms with Gasteiger partial charge in [-0.25, -0.2) is 4.79 Å². The number of aromatic amines is 1. The molecule has 0 aliphatic carbocycles. The third-order valence-electron chi connectivity index (χ3n) is 2.56. The molecule has 1 aromatic carbocycles. The Balaban J connectivity index is 1.93. The predicted molar refractivity (Wildman–Crippen MR) is 78.4 cm³/mol. The second-order valence-corrected chi connectivity index (χ2v) is 5.05. The number of amides is 1. The normalized spacial score (nSPS) is 11.7. The number of aromatic nitrogens is 1. The van der Waals surface area contributed by atoms with Crippen molar-refractivity contribution in [3.05, 3.63) is 52.8 Å². The smallest absolute Gasteiger partial charge is 0.355 e. The zero-order valence-corrected chi connectivity index (χ0v) is 12.3. The molecule has 2 aromatic rings. The maximum Gasteiger partial charge on any atom is 0.355 e. The number of halogens is 1. The first-order valence-electron chi connectivity index (χ1n) is 5.97. The van der Waals surface area contributed by atoms with Crippen LogP contribution in [0, 0.1) is 0 Å². The number of carbonyl (C=O) groups is 2.